The van der Waals surface area contributed by atoms with E-state index in [4.69, 9.17) is 11.6 Å². The second kappa shape index (κ2) is 6.84. The summed E-state index contributed by atoms with van der Waals surface area (Å²) in [5, 5.41) is 3.31. The summed E-state index contributed by atoms with van der Waals surface area (Å²) >= 11 is 5.82. The number of carbonyl (C=O) groups is 2. The topological polar surface area (TPSA) is 49.4 Å². The highest BCUT2D eigenvalue weighted by atomic mass is 35.5. The molecule has 2 aromatic carbocycles. The number of nitrogens with zero attached hydrogens (tertiary/aromatic N) is 1. The van der Waals surface area contributed by atoms with Crippen LogP contribution in [0.3, 0.4) is 0 Å². The molecular formula is C18H17ClN2O2. The minimum Gasteiger partial charge on any atom is -0.344 e. The largest absolute Gasteiger partial charge is 0.344 e. The first-order valence-electron chi connectivity index (χ1n) is 7.52. The molecule has 0 saturated carbocycles. The normalized spacial score (nSPS) is 13.3. The maximum atomic E-state index is 12.3. The van der Waals surface area contributed by atoms with Crippen molar-refractivity contribution in [2.45, 2.75) is 19.5 Å². The first-order chi connectivity index (χ1) is 11.1. The molecule has 3 rings (SSSR count). The van der Waals surface area contributed by atoms with Crippen molar-refractivity contribution in [1.29, 1.82) is 0 Å². The van der Waals surface area contributed by atoms with E-state index in [1.165, 1.54) is 5.56 Å². The minimum atomic E-state index is -0.570. The number of amides is 2. The molecule has 1 aliphatic rings. The maximum Gasteiger partial charge on any atom is 0.312 e. The number of nitrogens with one attached hydrogen (secondary N) is 1. The molecule has 2 aromatic rings. The number of halogens is 1. The van der Waals surface area contributed by atoms with Gasteiger partial charge in [-0.25, -0.2) is 0 Å². The smallest absolute Gasteiger partial charge is 0.312 e. The van der Waals surface area contributed by atoms with Crippen molar-refractivity contribution < 1.29 is 9.59 Å². The third-order valence-electron chi connectivity index (χ3n) is 3.98. The van der Waals surface area contributed by atoms with Gasteiger partial charge < -0.3 is 10.2 Å². The molecule has 0 spiro atoms. The van der Waals surface area contributed by atoms with Crippen LogP contribution in [0.5, 0.6) is 0 Å². The Labute approximate surface area is 140 Å². The Bertz CT molecular complexity index is 728. The lowest BCUT2D eigenvalue weighted by atomic mass is 10.00. The van der Waals surface area contributed by atoms with E-state index in [1.54, 1.807) is 17.0 Å². The Morgan fingerprint density at radius 1 is 1.04 bits per heavy atom. The van der Waals surface area contributed by atoms with Crippen LogP contribution >= 0.6 is 11.6 Å². The van der Waals surface area contributed by atoms with Gasteiger partial charge in [0.05, 0.1) is 0 Å². The first-order valence-corrected chi connectivity index (χ1v) is 7.89. The summed E-state index contributed by atoms with van der Waals surface area (Å²) in [6.45, 7) is 1.37. The van der Waals surface area contributed by atoms with Crippen molar-refractivity contribution in [2.24, 2.45) is 0 Å². The van der Waals surface area contributed by atoms with Gasteiger partial charge >= 0.3 is 11.8 Å². The second-order valence-corrected chi connectivity index (χ2v) is 5.99. The van der Waals surface area contributed by atoms with Gasteiger partial charge in [-0.05, 0) is 35.2 Å². The van der Waals surface area contributed by atoms with Gasteiger partial charge in [0, 0.05) is 24.7 Å². The lowest BCUT2D eigenvalue weighted by Gasteiger charge is -2.28. The molecule has 0 aliphatic carbocycles. The number of rotatable bonds is 2. The van der Waals surface area contributed by atoms with E-state index < -0.39 is 11.8 Å². The molecular weight excluding hydrogens is 312 g/mol. The molecule has 2 amide bonds. The van der Waals surface area contributed by atoms with Crippen molar-refractivity contribution in [2.75, 3.05) is 6.54 Å². The first kappa shape index (κ1) is 15.6. The molecule has 0 saturated heterocycles. The van der Waals surface area contributed by atoms with Gasteiger partial charge in [-0.1, -0.05) is 48.0 Å². The quantitative estimate of drug-likeness (QED) is 0.861. The van der Waals surface area contributed by atoms with E-state index in [2.05, 4.69) is 11.4 Å². The summed E-state index contributed by atoms with van der Waals surface area (Å²) in [4.78, 5) is 25.9. The SMILES string of the molecule is O=C(NCc1ccc(Cl)cc1)C(=O)N1CCc2ccccc2C1. The minimum absolute atomic E-state index is 0.312. The number of benzene rings is 2. The van der Waals surface area contributed by atoms with Gasteiger partial charge in [-0.15, -0.1) is 0 Å². The van der Waals surface area contributed by atoms with Gasteiger partial charge in [-0.2, -0.15) is 0 Å². The average Bonchev–Trinajstić information content (AvgIpc) is 2.60. The summed E-state index contributed by atoms with van der Waals surface area (Å²) in [6.07, 6.45) is 0.784. The van der Waals surface area contributed by atoms with Crippen LogP contribution in [0.25, 0.3) is 0 Å². The zero-order chi connectivity index (χ0) is 16.2. The van der Waals surface area contributed by atoms with Crippen molar-refractivity contribution >= 4 is 23.4 Å². The number of carbonyl (C=O) groups excluding carboxylic acids is 2. The highest BCUT2D eigenvalue weighted by Crippen LogP contribution is 2.18. The fourth-order valence-corrected chi connectivity index (χ4v) is 2.80. The summed E-state index contributed by atoms with van der Waals surface area (Å²) < 4.78 is 0. The zero-order valence-corrected chi connectivity index (χ0v) is 13.3. The van der Waals surface area contributed by atoms with Crippen LogP contribution in [0, 0.1) is 0 Å². The van der Waals surface area contributed by atoms with E-state index in [9.17, 15) is 9.59 Å². The molecule has 0 radical (unpaired) electrons. The van der Waals surface area contributed by atoms with Gasteiger partial charge in [0.2, 0.25) is 0 Å². The Morgan fingerprint density at radius 2 is 1.74 bits per heavy atom. The molecule has 0 fully saturated rings. The Hall–Kier alpha value is -2.33. The van der Waals surface area contributed by atoms with Crippen molar-refractivity contribution in [3.63, 3.8) is 0 Å². The van der Waals surface area contributed by atoms with Gasteiger partial charge in [0.1, 0.15) is 0 Å². The zero-order valence-electron chi connectivity index (χ0n) is 12.6. The Kier molecular flexibility index (Phi) is 4.63. The molecule has 0 unspecified atom stereocenters. The van der Waals surface area contributed by atoms with E-state index in [-0.39, 0.29) is 0 Å². The van der Waals surface area contributed by atoms with E-state index in [1.807, 2.05) is 30.3 Å². The van der Waals surface area contributed by atoms with Crippen LogP contribution in [0.1, 0.15) is 16.7 Å². The van der Waals surface area contributed by atoms with E-state index >= 15 is 0 Å². The van der Waals surface area contributed by atoms with Gasteiger partial charge in [0.15, 0.2) is 0 Å². The molecule has 23 heavy (non-hydrogen) atoms. The van der Waals surface area contributed by atoms with Crippen LogP contribution in [0.15, 0.2) is 48.5 Å². The summed E-state index contributed by atoms with van der Waals surface area (Å²) in [7, 11) is 0. The standard InChI is InChI=1S/C18H17ClN2O2/c19-16-7-5-13(6-8-16)11-20-17(22)18(23)21-10-9-14-3-1-2-4-15(14)12-21/h1-8H,9-12H2,(H,20,22). The highest BCUT2D eigenvalue weighted by Gasteiger charge is 2.25. The number of hydrogen-bond acceptors (Lipinski definition) is 2. The summed E-state index contributed by atoms with van der Waals surface area (Å²) in [6, 6.07) is 15.2. The molecule has 1 N–H and O–H groups in total. The predicted molar refractivity (Wildman–Crippen MR) is 88.9 cm³/mol. The lowest BCUT2D eigenvalue weighted by molar-refractivity contribution is -0.146. The lowest BCUT2D eigenvalue weighted by Crippen LogP contribution is -2.44. The monoisotopic (exact) mass is 328 g/mol. The van der Waals surface area contributed by atoms with Crippen molar-refractivity contribution in [1.82, 2.24) is 10.2 Å². The Morgan fingerprint density at radius 3 is 2.48 bits per heavy atom. The Balaban J connectivity index is 1.58. The van der Waals surface area contributed by atoms with Crippen LogP contribution in [-0.2, 0) is 29.1 Å². The average molecular weight is 329 g/mol. The third kappa shape index (κ3) is 3.71. The molecule has 1 aliphatic heterocycles. The second-order valence-electron chi connectivity index (χ2n) is 5.55. The number of fused-ring (bicyclic) bond motifs is 1. The molecule has 0 atom stereocenters. The van der Waals surface area contributed by atoms with Crippen LogP contribution in [-0.4, -0.2) is 23.3 Å². The van der Waals surface area contributed by atoms with Crippen LogP contribution < -0.4 is 5.32 Å². The van der Waals surface area contributed by atoms with Gasteiger partial charge in [0.25, 0.3) is 0 Å². The molecule has 4 nitrogen and oxygen atoms in total. The third-order valence-corrected chi connectivity index (χ3v) is 4.23. The fourth-order valence-electron chi connectivity index (χ4n) is 2.67. The van der Waals surface area contributed by atoms with E-state index in [0.717, 1.165) is 17.5 Å². The van der Waals surface area contributed by atoms with E-state index in [0.29, 0.717) is 24.7 Å². The van der Waals surface area contributed by atoms with Crippen molar-refractivity contribution in [3.05, 3.63) is 70.2 Å². The maximum absolute atomic E-state index is 12.3. The summed E-state index contributed by atoms with van der Waals surface area (Å²) in [5.74, 6) is -1.05. The summed E-state index contributed by atoms with van der Waals surface area (Å²) in [5.41, 5.74) is 3.26. The van der Waals surface area contributed by atoms with Gasteiger partial charge in [-0.3, -0.25) is 9.59 Å². The molecule has 5 heteroatoms. The van der Waals surface area contributed by atoms with Crippen molar-refractivity contribution in [3.8, 4) is 0 Å². The molecule has 1 heterocycles. The molecule has 0 aromatic heterocycles. The highest BCUT2D eigenvalue weighted by molar-refractivity contribution is 6.35. The predicted octanol–water partition coefficient (Wildman–Crippen LogP) is 2.54. The van der Waals surface area contributed by atoms with Crippen LogP contribution in [0.4, 0.5) is 0 Å². The fraction of sp³-hybridized carbons (Fsp3) is 0.222. The molecule has 118 valence electrons. The molecule has 0 bridgehead atoms. The van der Waals surface area contributed by atoms with Crippen LogP contribution in [0.2, 0.25) is 5.02 Å². The number of hydrogen-bond donors (Lipinski definition) is 1.